The first-order valence-electron chi connectivity index (χ1n) is 14.5. The Morgan fingerprint density at radius 1 is 0.795 bits per heavy atom. The average molecular weight is 549 g/mol. The van der Waals surface area contributed by atoms with E-state index in [9.17, 15) is 9.50 Å². The number of unbranched alkanes of at least 4 members (excludes halogenated alkanes) is 2. The van der Waals surface area contributed by atoms with E-state index >= 15 is 8.78 Å². The van der Waals surface area contributed by atoms with Crippen LogP contribution in [0.4, 0.5) is 13.2 Å². The van der Waals surface area contributed by atoms with Crippen LogP contribution in [-0.2, 0) is 16.9 Å². The van der Waals surface area contributed by atoms with Gasteiger partial charge in [0.05, 0.1) is 6.61 Å². The zero-order valence-electron chi connectivity index (χ0n) is 24.8. The van der Waals surface area contributed by atoms with E-state index in [0.29, 0.717) is 23.7 Å². The van der Waals surface area contributed by atoms with Crippen molar-refractivity contribution in [3.8, 4) is 17.2 Å². The molecule has 0 radical (unpaired) electrons. The second kappa shape index (κ2) is 12.4. The van der Waals surface area contributed by atoms with E-state index in [1.54, 1.807) is 0 Å². The number of benzene rings is 2. The summed E-state index contributed by atoms with van der Waals surface area (Å²) in [5.74, 6) is 0.290. The van der Waals surface area contributed by atoms with E-state index in [1.807, 2.05) is 41.5 Å². The number of rotatable bonds is 10. The molecule has 1 aliphatic carbocycles. The Balaban J connectivity index is 1.69. The number of phenols is 1. The summed E-state index contributed by atoms with van der Waals surface area (Å²) in [6.07, 6.45) is 5.77. The van der Waals surface area contributed by atoms with Crippen LogP contribution < -0.4 is 9.47 Å². The number of halogens is 3. The molecule has 3 rings (SSSR count). The lowest BCUT2D eigenvalue weighted by Crippen LogP contribution is -2.25. The molecule has 0 amide bonds. The smallest absolute Gasteiger partial charge is 0.429 e. The highest BCUT2D eigenvalue weighted by Crippen LogP contribution is 2.44. The maximum absolute atomic E-state index is 15.3. The van der Waals surface area contributed by atoms with E-state index in [1.165, 1.54) is 56.7 Å². The van der Waals surface area contributed by atoms with Gasteiger partial charge in [0, 0.05) is 17.2 Å². The number of aromatic hydroxyl groups is 1. The van der Waals surface area contributed by atoms with Crippen LogP contribution in [-0.4, -0.2) is 11.7 Å². The SMILES string of the molecule is CCCCCC1CCC(COc2ccc(C(F)(F)Oc3cc(C(C)(C)C)c(O)c(C(C)(C)C)c3)c(F)c2)CC1. The molecule has 1 aliphatic rings. The maximum Gasteiger partial charge on any atom is 0.429 e. The third kappa shape index (κ3) is 8.31. The molecule has 39 heavy (non-hydrogen) atoms. The first-order chi connectivity index (χ1) is 18.1. The Kier molecular flexibility index (Phi) is 9.93. The van der Waals surface area contributed by atoms with Crippen LogP contribution in [0.3, 0.4) is 0 Å². The van der Waals surface area contributed by atoms with Crippen molar-refractivity contribution < 1.29 is 27.8 Å². The van der Waals surface area contributed by atoms with Gasteiger partial charge in [-0.1, -0.05) is 87.0 Å². The Morgan fingerprint density at radius 3 is 1.87 bits per heavy atom. The van der Waals surface area contributed by atoms with Gasteiger partial charge in [-0.2, -0.15) is 8.78 Å². The van der Waals surface area contributed by atoms with Crippen LogP contribution in [0.25, 0.3) is 0 Å². The van der Waals surface area contributed by atoms with Crippen molar-refractivity contribution in [2.24, 2.45) is 11.8 Å². The van der Waals surface area contributed by atoms with Crippen LogP contribution in [0.2, 0.25) is 0 Å². The normalized spacial score (nSPS) is 18.7. The maximum atomic E-state index is 15.3. The Labute approximate surface area is 233 Å². The third-order valence-corrected chi connectivity index (χ3v) is 7.87. The summed E-state index contributed by atoms with van der Waals surface area (Å²) in [4.78, 5) is 0. The Morgan fingerprint density at radius 2 is 1.36 bits per heavy atom. The van der Waals surface area contributed by atoms with E-state index in [4.69, 9.17) is 9.47 Å². The second-order valence-corrected chi connectivity index (χ2v) is 13.3. The van der Waals surface area contributed by atoms with Gasteiger partial charge in [0.15, 0.2) is 0 Å². The molecule has 0 aliphatic heterocycles. The van der Waals surface area contributed by atoms with E-state index in [0.717, 1.165) is 30.9 Å². The molecule has 0 aromatic heterocycles. The van der Waals surface area contributed by atoms with Gasteiger partial charge in [0.1, 0.15) is 28.6 Å². The van der Waals surface area contributed by atoms with Gasteiger partial charge < -0.3 is 14.6 Å². The van der Waals surface area contributed by atoms with Gasteiger partial charge in [-0.05, 0) is 59.8 Å². The van der Waals surface area contributed by atoms with Crippen molar-refractivity contribution in [2.75, 3.05) is 6.61 Å². The average Bonchev–Trinajstić information content (AvgIpc) is 2.83. The summed E-state index contributed by atoms with van der Waals surface area (Å²) in [5.41, 5.74) is -0.917. The molecule has 1 fully saturated rings. The van der Waals surface area contributed by atoms with Gasteiger partial charge in [-0.15, -0.1) is 0 Å². The molecular weight excluding hydrogens is 501 g/mol. The molecule has 6 heteroatoms. The summed E-state index contributed by atoms with van der Waals surface area (Å²) >= 11 is 0. The summed E-state index contributed by atoms with van der Waals surface area (Å²) in [6, 6.07) is 6.24. The van der Waals surface area contributed by atoms with Gasteiger partial charge in [-0.3, -0.25) is 0 Å². The van der Waals surface area contributed by atoms with Crippen molar-refractivity contribution in [1.82, 2.24) is 0 Å². The number of phenolic OH excluding ortho intramolecular Hbond substituents is 1. The molecule has 2 aromatic carbocycles. The highest BCUT2D eigenvalue weighted by Gasteiger charge is 2.39. The van der Waals surface area contributed by atoms with Gasteiger partial charge in [0.2, 0.25) is 0 Å². The summed E-state index contributed by atoms with van der Waals surface area (Å²) < 4.78 is 56.4. The molecule has 0 spiro atoms. The van der Waals surface area contributed by atoms with Crippen LogP contribution in [0.5, 0.6) is 17.2 Å². The van der Waals surface area contributed by atoms with E-state index < -0.39 is 28.3 Å². The van der Waals surface area contributed by atoms with Crippen molar-refractivity contribution in [3.63, 3.8) is 0 Å². The van der Waals surface area contributed by atoms with E-state index in [2.05, 4.69) is 6.92 Å². The molecular formula is C33H47F3O3. The minimum atomic E-state index is -3.92. The predicted octanol–water partition coefficient (Wildman–Crippen LogP) is 10.0. The molecule has 0 saturated heterocycles. The second-order valence-electron chi connectivity index (χ2n) is 13.3. The molecule has 218 valence electrons. The monoisotopic (exact) mass is 548 g/mol. The van der Waals surface area contributed by atoms with Crippen molar-refractivity contribution in [3.05, 3.63) is 52.8 Å². The fourth-order valence-electron chi connectivity index (χ4n) is 5.42. The summed E-state index contributed by atoms with van der Waals surface area (Å²) in [6.45, 7) is 14.0. The minimum Gasteiger partial charge on any atom is -0.507 e. The zero-order chi connectivity index (χ0) is 29.0. The first kappa shape index (κ1) is 31.2. The summed E-state index contributed by atoms with van der Waals surface area (Å²) in [5, 5.41) is 10.9. The fraction of sp³-hybridized carbons (Fsp3) is 0.636. The van der Waals surface area contributed by atoms with Crippen molar-refractivity contribution >= 4 is 0 Å². The van der Waals surface area contributed by atoms with Gasteiger partial charge in [0.25, 0.3) is 0 Å². The number of alkyl halides is 2. The van der Waals surface area contributed by atoms with Gasteiger partial charge >= 0.3 is 6.11 Å². The fourth-order valence-corrected chi connectivity index (χ4v) is 5.42. The minimum absolute atomic E-state index is 0.0586. The first-order valence-corrected chi connectivity index (χ1v) is 14.5. The molecule has 0 unspecified atom stereocenters. The Hall–Kier alpha value is -2.37. The lowest BCUT2D eigenvalue weighted by molar-refractivity contribution is -0.187. The predicted molar refractivity (Wildman–Crippen MR) is 152 cm³/mol. The van der Waals surface area contributed by atoms with Crippen molar-refractivity contribution in [1.29, 1.82) is 0 Å². The van der Waals surface area contributed by atoms with Crippen LogP contribution in [0, 0.1) is 17.7 Å². The number of hydrogen-bond donors (Lipinski definition) is 1. The quantitative estimate of drug-likeness (QED) is 0.300. The van der Waals surface area contributed by atoms with Crippen LogP contribution in [0.15, 0.2) is 30.3 Å². The molecule has 3 nitrogen and oxygen atoms in total. The third-order valence-electron chi connectivity index (χ3n) is 7.87. The topological polar surface area (TPSA) is 38.7 Å². The van der Waals surface area contributed by atoms with Crippen LogP contribution in [0.1, 0.15) is 117 Å². The lowest BCUT2D eigenvalue weighted by atomic mass is 9.79. The lowest BCUT2D eigenvalue weighted by Gasteiger charge is -2.29. The number of hydrogen-bond acceptors (Lipinski definition) is 3. The molecule has 0 bridgehead atoms. The standard InChI is InChI=1S/C33H47F3O3/c1-8-9-10-11-22-12-14-23(15-13-22)21-38-24-16-17-26(29(34)20-24)33(35,36)39-25-18-27(31(2,3)4)30(37)28(19-25)32(5,6)7/h16-20,22-23,37H,8-15,21H2,1-7H3. The van der Waals surface area contributed by atoms with Crippen molar-refractivity contribution in [2.45, 2.75) is 117 Å². The zero-order valence-corrected chi connectivity index (χ0v) is 24.8. The van der Waals surface area contributed by atoms with Gasteiger partial charge in [-0.25, -0.2) is 4.39 Å². The highest BCUT2D eigenvalue weighted by molar-refractivity contribution is 5.52. The highest BCUT2D eigenvalue weighted by atomic mass is 19.3. The summed E-state index contributed by atoms with van der Waals surface area (Å²) in [7, 11) is 0. The Bertz CT molecular complexity index is 1060. The largest absolute Gasteiger partial charge is 0.507 e. The number of ether oxygens (including phenoxy) is 2. The molecule has 0 heterocycles. The van der Waals surface area contributed by atoms with Crippen LogP contribution >= 0.6 is 0 Å². The van der Waals surface area contributed by atoms with E-state index in [-0.39, 0.29) is 17.2 Å². The molecule has 1 saturated carbocycles. The molecule has 2 aromatic rings. The molecule has 0 atom stereocenters. The molecule has 1 N–H and O–H groups in total.